The summed E-state index contributed by atoms with van der Waals surface area (Å²) in [4.78, 5) is 23.4. The molecule has 0 bridgehead atoms. The molecule has 1 amide bonds. The van der Waals surface area contributed by atoms with Gasteiger partial charge in [-0.1, -0.05) is 35.1 Å². The highest BCUT2D eigenvalue weighted by atomic mass is 35.5. The first-order chi connectivity index (χ1) is 12.2. The number of carbonyl (C=O) groups is 1. The zero-order valence-corrected chi connectivity index (χ0v) is 15.0. The van der Waals surface area contributed by atoms with E-state index < -0.39 is 0 Å². The average Bonchev–Trinajstić information content (AvgIpc) is 3.28. The molecule has 25 heavy (non-hydrogen) atoms. The molecule has 5 nitrogen and oxygen atoms in total. The second-order valence-corrected chi connectivity index (χ2v) is 7.29. The van der Waals surface area contributed by atoms with Gasteiger partial charge in [0.2, 0.25) is 0 Å². The van der Waals surface area contributed by atoms with Gasteiger partial charge in [-0.05, 0) is 31.0 Å². The van der Waals surface area contributed by atoms with Gasteiger partial charge in [0.15, 0.2) is 5.13 Å². The summed E-state index contributed by atoms with van der Waals surface area (Å²) in [5.41, 5.74) is 1.31. The number of thiazole rings is 1. The van der Waals surface area contributed by atoms with Crippen molar-refractivity contribution in [2.45, 2.75) is 18.9 Å². The lowest BCUT2D eigenvalue weighted by Crippen LogP contribution is -2.37. The fraction of sp³-hybridized carbons (Fsp3) is 0.278. The Balaban J connectivity index is 1.72. The normalized spacial score (nSPS) is 17.1. The van der Waals surface area contributed by atoms with Crippen molar-refractivity contribution < 1.29 is 9.53 Å². The van der Waals surface area contributed by atoms with E-state index in [2.05, 4.69) is 9.97 Å². The van der Waals surface area contributed by atoms with Crippen LogP contribution in [0, 0.1) is 0 Å². The molecular formula is C18H16ClN3O2S. The van der Waals surface area contributed by atoms with E-state index in [-0.39, 0.29) is 12.0 Å². The first kappa shape index (κ1) is 16.4. The zero-order chi connectivity index (χ0) is 17.2. The molecule has 0 aliphatic carbocycles. The van der Waals surface area contributed by atoms with Gasteiger partial charge < -0.3 is 4.74 Å². The van der Waals surface area contributed by atoms with Gasteiger partial charge >= 0.3 is 0 Å². The van der Waals surface area contributed by atoms with E-state index in [0.29, 0.717) is 22.3 Å². The summed E-state index contributed by atoms with van der Waals surface area (Å²) in [5, 5.41) is 1.00. The van der Waals surface area contributed by atoms with Crippen LogP contribution in [0.3, 0.4) is 0 Å². The summed E-state index contributed by atoms with van der Waals surface area (Å²) in [6.45, 7) is 1.21. The number of aromatic nitrogens is 2. The number of carbonyl (C=O) groups excluding carboxylic acids is 1. The van der Waals surface area contributed by atoms with Crippen LogP contribution in [0.4, 0.5) is 5.13 Å². The molecule has 1 fully saturated rings. The molecule has 128 valence electrons. The number of para-hydroxylation sites is 1. The number of nitrogens with zero attached hydrogens (tertiary/aromatic N) is 3. The molecule has 0 N–H and O–H groups in total. The predicted octanol–water partition coefficient (Wildman–Crippen LogP) is 4.17. The number of anilines is 1. The van der Waals surface area contributed by atoms with Crippen molar-refractivity contribution in [3.8, 4) is 0 Å². The second-order valence-electron chi connectivity index (χ2n) is 5.87. The van der Waals surface area contributed by atoms with Gasteiger partial charge in [0.25, 0.3) is 5.91 Å². The second kappa shape index (κ2) is 7.07. The summed E-state index contributed by atoms with van der Waals surface area (Å²) in [6, 6.07) is 9.50. The Morgan fingerprint density at radius 3 is 3.00 bits per heavy atom. The largest absolute Gasteiger partial charge is 0.376 e. The molecule has 0 spiro atoms. The third-order valence-electron chi connectivity index (χ3n) is 4.17. The molecule has 1 unspecified atom stereocenters. The summed E-state index contributed by atoms with van der Waals surface area (Å²) in [5.74, 6) is -0.179. The quantitative estimate of drug-likeness (QED) is 0.688. The SMILES string of the molecule is O=C(c1ccncc1Cl)N(CC1CCCO1)c1nc2ccccc2s1. The first-order valence-electron chi connectivity index (χ1n) is 8.11. The van der Waals surface area contributed by atoms with Crippen LogP contribution in [0.5, 0.6) is 0 Å². The fourth-order valence-electron chi connectivity index (χ4n) is 2.91. The van der Waals surface area contributed by atoms with Crippen molar-refractivity contribution in [3.05, 3.63) is 53.3 Å². The van der Waals surface area contributed by atoms with Crippen LogP contribution in [-0.4, -0.2) is 35.1 Å². The van der Waals surface area contributed by atoms with Crippen LogP contribution in [0.15, 0.2) is 42.7 Å². The van der Waals surface area contributed by atoms with Gasteiger partial charge in [-0.15, -0.1) is 0 Å². The van der Waals surface area contributed by atoms with Crippen molar-refractivity contribution >= 4 is 44.2 Å². The Kier molecular flexibility index (Phi) is 4.65. The Morgan fingerprint density at radius 2 is 2.24 bits per heavy atom. The molecule has 0 saturated carbocycles. The van der Waals surface area contributed by atoms with Crippen LogP contribution in [-0.2, 0) is 4.74 Å². The molecule has 0 radical (unpaired) electrons. The number of halogens is 1. The molecule has 2 aromatic heterocycles. The molecule has 1 aromatic carbocycles. The van der Waals surface area contributed by atoms with Gasteiger partial charge in [0.05, 0.1) is 33.5 Å². The van der Waals surface area contributed by atoms with E-state index in [1.165, 1.54) is 17.5 Å². The van der Waals surface area contributed by atoms with Gasteiger partial charge in [-0.2, -0.15) is 0 Å². The number of amides is 1. The number of benzene rings is 1. The van der Waals surface area contributed by atoms with E-state index in [0.717, 1.165) is 29.7 Å². The van der Waals surface area contributed by atoms with Gasteiger partial charge in [0, 0.05) is 19.0 Å². The van der Waals surface area contributed by atoms with Crippen LogP contribution in [0.1, 0.15) is 23.2 Å². The number of ether oxygens (including phenoxy) is 1. The fourth-order valence-corrected chi connectivity index (χ4v) is 4.08. The topological polar surface area (TPSA) is 55.3 Å². The Morgan fingerprint density at radius 1 is 1.36 bits per heavy atom. The minimum Gasteiger partial charge on any atom is -0.376 e. The lowest BCUT2D eigenvalue weighted by Gasteiger charge is -2.23. The zero-order valence-electron chi connectivity index (χ0n) is 13.4. The van der Waals surface area contributed by atoms with Crippen molar-refractivity contribution in [2.75, 3.05) is 18.1 Å². The van der Waals surface area contributed by atoms with Gasteiger partial charge in [-0.3, -0.25) is 14.7 Å². The monoisotopic (exact) mass is 373 g/mol. The first-order valence-corrected chi connectivity index (χ1v) is 9.30. The molecule has 3 heterocycles. The summed E-state index contributed by atoms with van der Waals surface area (Å²) < 4.78 is 6.78. The van der Waals surface area contributed by atoms with Crippen LogP contribution >= 0.6 is 22.9 Å². The van der Waals surface area contributed by atoms with E-state index in [1.807, 2.05) is 24.3 Å². The number of hydrogen-bond acceptors (Lipinski definition) is 5. The Labute approximate surface area is 154 Å². The maximum atomic E-state index is 13.2. The van der Waals surface area contributed by atoms with E-state index in [4.69, 9.17) is 16.3 Å². The highest BCUT2D eigenvalue weighted by Crippen LogP contribution is 2.31. The maximum Gasteiger partial charge on any atom is 0.261 e. The lowest BCUT2D eigenvalue weighted by atomic mass is 10.2. The highest BCUT2D eigenvalue weighted by Gasteiger charge is 2.28. The van der Waals surface area contributed by atoms with E-state index >= 15 is 0 Å². The summed E-state index contributed by atoms with van der Waals surface area (Å²) in [6.07, 6.45) is 5.04. The van der Waals surface area contributed by atoms with Gasteiger partial charge in [-0.25, -0.2) is 4.98 Å². The molecule has 1 aliphatic heterocycles. The number of pyridine rings is 1. The molecule has 1 saturated heterocycles. The van der Waals surface area contributed by atoms with E-state index in [1.54, 1.807) is 17.2 Å². The van der Waals surface area contributed by atoms with Crippen molar-refractivity contribution in [2.24, 2.45) is 0 Å². The predicted molar refractivity (Wildman–Crippen MR) is 99.5 cm³/mol. The Bertz CT molecular complexity index is 875. The smallest absolute Gasteiger partial charge is 0.261 e. The van der Waals surface area contributed by atoms with Crippen molar-refractivity contribution in [1.82, 2.24) is 9.97 Å². The standard InChI is InChI=1S/C18H16ClN3O2S/c19-14-10-20-8-7-13(14)17(23)22(11-12-4-3-9-24-12)18-21-15-5-1-2-6-16(15)25-18/h1-2,5-8,10,12H,3-4,9,11H2. The molecular weight excluding hydrogens is 358 g/mol. The van der Waals surface area contributed by atoms with Crippen LogP contribution in [0.2, 0.25) is 5.02 Å². The number of fused-ring (bicyclic) bond motifs is 1. The number of hydrogen-bond donors (Lipinski definition) is 0. The maximum absolute atomic E-state index is 13.2. The molecule has 3 aromatic rings. The minimum atomic E-state index is -0.179. The van der Waals surface area contributed by atoms with Crippen LogP contribution < -0.4 is 4.90 Å². The highest BCUT2D eigenvalue weighted by molar-refractivity contribution is 7.22. The number of rotatable bonds is 4. The molecule has 1 atom stereocenters. The summed E-state index contributed by atoms with van der Waals surface area (Å²) >= 11 is 7.69. The molecule has 4 rings (SSSR count). The third kappa shape index (κ3) is 3.38. The van der Waals surface area contributed by atoms with E-state index in [9.17, 15) is 4.79 Å². The van der Waals surface area contributed by atoms with Crippen LogP contribution in [0.25, 0.3) is 10.2 Å². The van der Waals surface area contributed by atoms with Gasteiger partial charge in [0.1, 0.15) is 0 Å². The average molecular weight is 374 g/mol. The molecule has 7 heteroatoms. The van der Waals surface area contributed by atoms with Crippen molar-refractivity contribution in [1.29, 1.82) is 0 Å². The third-order valence-corrected chi connectivity index (χ3v) is 5.53. The van der Waals surface area contributed by atoms with Crippen molar-refractivity contribution in [3.63, 3.8) is 0 Å². The minimum absolute atomic E-state index is 0.0246. The Hall–Kier alpha value is -2.02. The molecule has 1 aliphatic rings. The summed E-state index contributed by atoms with van der Waals surface area (Å²) in [7, 11) is 0. The lowest BCUT2D eigenvalue weighted by molar-refractivity contribution is 0.0917.